The van der Waals surface area contributed by atoms with Gasteiger partial charge in [0.1, 0.15) is 12.4 Å². The molecule has 7 heteroatoms. The zero-order chi connectivity index (χ0) is 15.7. The summed E-state index contributed by atoms with van der Waals surface area (Å²) < 4.78 is 30.4. The molecule has 1 aromatic rings. The monoisotopic (exact) mass is 324 g/mol. The Labute approximate surface area is 130 Å². The van der Waals surface area contributed by atoms with Crippen LogP contribution in [0.3, 0.4) is 0 Å². The van der Waals surface area contributed by atoms with Crippen molar-refractivity contribution in [1.82, 2.24) is 0 Å². The topological polar surface area (TPSA) is 75.7 Å². The molecule has 1 saturated carbocycles. The second kappa shape index (κ2) is 5.79. The third-order valence-corrected chi connectivity index (χ3v) is 5.35. The maximum atomic E-state index is 12.1. The summed E-state index contributed by atoms with van der Waals surface area (Å²) in [6.45, 7) is 0.611. The minimum atomic E-state index is -3.32. The zero-order valence-corrected chi connectivity index (χ0v) is 13.4. The van der Waals surface area contributed by atoms with Gasteiger partial charge in [0.15, 0.2) is 0 Å². The molecule has 1 N–H and O–H groups in total. The van der Waals surface area contributed by atoms with E-state index in [2.05, 4.69) is 5.32 Å². The molecule has 0 bridgehead atoms. The van der Waals surface area contributed by atoms with Crippen molar-refractivity contribution in [2.45, 2.75) is 25.7 Å². The van der Waals surface area contributed by atoms with Gasteiger partial charge in [-0.25, -0.2) is 8.42 Å². The van der Waals surface area contributed by atoms with E-state index >= 15 is 0 Å². The number of carbonyl (C=O) groups excluding carboxylic acids is 1. The Morgan fingerprint density at radius 2 is 2.05 bits per heavy atom. The fraction of sp³-hybridized carbons (Fsp3) is 0.533. The number of hydrogen-bond donors (Lipinski definition) is 1. The Bertz CT molecular complexity index is 681. The van der Waals surface area contributed by atoms with Crippen LogP contribution in [0.1, 0.15) is 25.7 Å². The van der Waals surface area contributed by atoms with E-state index in [0.717, 1.165) is 25.7 Å². The van der Waals surface area contributed by atoms with Gasteiger partial charge in [-0.3, -0.25) is 9.10 Å². The van der Waals surface area contributed by atoms with Gasteiger partial charge >= 0.3 is 0 Å². The minimum Gasteiger partial charge on any atom is -0.489 e. The van der Waals surface area contributed by atoms with Gasteiger partial charge in [-0.2, -0.15) is 0 Å². The lowest BCUT2D eigenvalue weighted by atomic mass is 10.1. The summed E-state index contributed by atoms with van der Waals surface area (Å²) in [5.74, 6) is 0.610. The van der Waals surface area contributed by atoms with Gasteiger partial charge in [-0.1, -0.05) is 12.8 Å². The summed E-state index contributed by atoms with van der Waals surface area (Å²) in [6, 6.07) is 5.10. The van der Waals surface area contributed by atoms with E-state index in [1.165, 1.54) is 10.6 Å². The number of nitrogens with zero attached hydrogens (tertiary/aromatic N) is 1. The average molecular weight is 324 g/mol. The standard InChI is InChI=1S/C15H20N2O4S/c1-22(19,20)17-8-9-21-14-10-12(6-7-13(14)17)16-15(18)11-4-2-3-5-11/h6-7,10-11H,2-5,8-9H2,1H3,(H,16,18). The van der Waals surface area contributed by atoms with Crippen LogP contribution in [0.5, 0.6) is 5.75 Å². The van der Waals surface area contributed by atoms with Crippen molar-refractivity contribution in [3.05, 3.63) is 18.2 Å². The molecule has 0 unspecified atom stereocenters. The molecule has 2 aliphatic rings. The SMILES string of the molecule is CS(=O)(=O)N1CCOc2cc(NC(=O)C3CCCC3)ccc21. The van der Waals surface area contributed by atoms with Gasteiger partial charge in [0.25, 0.3) is 0 Å². The lowest BCUT2D eigenvalue weighted by molar-refractivity contribution is -0.119. The molecule has 0 atom stereocenters. The quantitative estimate of drug-likeness (QED) is 0.922. The summed E-state index contributed by atoms with van der Waals surface area (Å²) in [7, 11) is -3.32. The molecular weight excluding hydrogens is 304 g/mol. The van der Waals surface area contributed by atoms with E-state index in [9.17, 15) is 13.2 Å². The van der Waals surface area contributed by atoms with Crippen LogP contribution in [0.2, 0.25) is 0 Å². The third-order valence-electron chi connectivity index (χ3n) is 4.17. The first-order valence-corrected chi connectivity index (χ1v) is 9.35. The van der Waals surface area contributed by atoms with Crippen LogP contribution in [0.15, 0.2) is 18.2 Å². The summed E-state index contributed by atoms with van der Waals surface area (Å²) in [6.07, 6.45) is 5.27. The van der Waals surface area contributed by atoms with Gasteiger partial charge in [-0.05, 0) is 25.0 Å². The van der Waals surface area contributed by atoms with Crippen LogP contribution in [-0.4, -0.2) is 33.7 Å². The largest absolute Gasteiger partial charge is 0.489 e. The van der Waals surface area contributed by atoms with Gasteiger partial charge in [-0.15, -0.1) is 0 Å². The Morgan fingerprint density at radius 3 is 2.73 bits per heavy atom. The molecule has 1 aromatic carbocycles. The maximum Gasteiger partial charge on any atom is 0.232 e. The second-order valence-electron chi connectivity index (χ2n) is 5.84. The van der Waals surface area contributed by atoms with Gasteiger partial charge in [0.05, 0.1) is 18.5 Å². The van der Waals surface area contributed by atoms with Crippen LogP contribution in [-0.2, 0) is 14.8 Å². The zero-order valence-electron chi connectivity index (χ0n) is 12.5. The normalized spacial score (nSPS) is 18.7. The molecule has 3 rings (SSSR count). The summed E-state index contributed by atoms with van der Waals surface area (Å²) in [5.41, 5.74) is 1.17. The highest BCUT2D eigenvalue weighted by molar-refractivity contribution is 7.92. The number of ether oxygens (including phenoxy) is 1. The minimum absolute atomic E-state index is 0.0354. The molecule has 1 amide bonds. The predicted octanol–water partition coefficient (Wildman–Crippen LogP) is 1.97. The number of benzene rings is 1. The fourth-order valence-electron chi connectivity index (χ4n) is 3.05. The Morgan fingerprint density at radius 1 is 1.32 bits per heavy atom. The van der Waals surface area contributed by atoms with Crippen LogP contribution < -0.4 is 14.4 Å². The molecule has 0 saturated heterocycles. The van der Waals surface area contributed by atoms with Crippen molar-refractivity contribution in [3.63, 3.8) is 0 Å². The number of carbonyl (C=O) groups is 1. The Hall–Kier alpha value is -1.76. The molecule has 0 aromatic heterocycles. The highest BCUT2D eigenvalue weighted by Crippen LogP contribution is 2.36. The fourth-order valence-corrected chi connectivity index (χ4v) is 3.96. The van der Waals surface area contributed by atoms with Crippen LogP contribution in [0, 0.1) is 5.92 Å². The van der Waals surface area contributed by atoms with Gasteiger partial charge in [0, 0.05) is 17.7 Å². The number of hydrogen-bond acceptors (Lipinski definition) is 4. The van der Waals surface area contributed by atoms with E-state index in [-0.39, 0.29) is 11.8 Å². The second-order valence-corrected chi connectivity index (χ2v) is 7.74. The van der Waals surface area contributed by atoms with Crippen molar-refractivity contribution in [2.24, 2.45) is 5.92 Å². The summed E-state index contributed by atoms with van der Waals surface area (Å²) >= 11 is 0. The average Bonchev–Trinajstić information content (AvgIpc) is 2.99. The van der Waals surface area contributed by atoms with Crippen LogP contribution in [0.4, 0.5) is 11.4 Å². The molecule has 1 fully saturated rings. The number of nitrogens with one attached hydrogen (secondary N) is 1. The Kier molecular flexibility index (Phi) is 3.99. The third kappa shape index (κ3) is 3.04. The molecule has 120 valence electrons. The van der Waals surface area contributed by atoms with Gasteiger partial charge < -0.3 is 10.1 Å². The molecular formula is C15H20N2O4S. The maximum absolute atomic E-state index is 12.1. The lowest BCUT2D eigenvalue weighted by Gasteiger charge is -2.29. The number of amides is 1. The predicted molar refractivity (Wildman–Crippen MR) is 84.7 cm³/mol. The van der Waals surface area contributed by atoms with Crippen LogP contribution in [0.25, 0.3) is 0 Å². The van der Waals surface area contributed by atoms with E-state index in [1.54, 1.807) is 18.2 Å². The van der Waals surface area contributed by atoms with E-state index in [0.29, 0.717) is 30.3 Å². The Balaban J connectivity index is 1.80. The van der Waals surface area contributed by atoms with Crippen molar-refractivity contribution < 1.29 is 17.9 Å². The highest BCUT2D eigenvalue weighted by Gasteiger charge is 2.26. The van der Waals surface area contributed by atoms with E-state index in [1.807, 2.05) is 0 Å². The first-order valence-electron chi connectivity index (χ1n) is 7.50. The number of sulfonamides is 1. The van der Waals surface area contributed by atoms with Crippen molar-refractivity contribution in [1.29, 1.82) is 0 Å². The van der Waals surface area contributed by atoms with Crippen LogP contribution >= 0.6 is 0 Å². The molecule has 22 heavy (non-hydrogen) atoms. The molecule has 1 aliphatic carbocycles. The molecule has 1 heterocycles. The molecule has 6 nitrogen and oxygen atoms in total. The number of rotatable bonds is 3. The lowest BCUT2D eigenvalue weighted by Crippen LogP contribution is -2.37. The van der Waals surface area contributed by atoms with Crippen molar-refractivity contribution in [2.75, 3.05) is 29.0 Å². The first kappa shape index (κ1) is 15.1. The number of anilines is 2. The molecule has 0 spiro atoms. The molecule has 1 aliphatic heterocycles. The van der Waals surface area contributed by atoms with E-state index in [4.69, 9.17) is 4.74 Å². The first-order chi connectivity index (χ1) is 10.4. The summed E-state index contributed by atoms with van der Waals surface area (Å²) in [4.78, 5) is 12.1. The number of fused-ring (bicyclic) bond motifs is 1. The van der Waals surface area contributed by atoms with Crippen molar-refractivity contribution in [3.8, 4) is 5.75 Å². The van der Waals surface area contributed by atoms with Crippen molar-refractivity contribution >= 4 is 27.3 Å². The highest BCUT2D eigenvalue weighted by atomic mass is 32.2. The van der Waals surface area contributed by atoms with Gasteiger partial charge in [0.2, 0.25) is 15.9 Å². The van der Waals surface area contributed by atoms with E-state index < -0.39 is 10.0 Å². The summed E-state index contributed by atoms with van der Waals surface area (Å²) in [5, 5.41) is 2.90. The molecule has 0 radical (unpaired) electrons. The smallest absolute Gasteiger partial charge is 0.232 e.